The molecule has 2 fully saturated rings. The number of halogens is 2. The molecule has 3 unspecified atom stereocenters. The fourth-order valence-electron chi connectivity index (χ4n) is 2.85. The Labute approximate surface area is 161 Å². The first kappa shape index (κ1) is 21.0. The molecule has 1 aliphatic carbocycles. The number of hydrogen-bond donors (Lipinski definition) is 0. The molecule has 144 valence electrons. The first-order chi connectivity index (χ1) is 11.0. The maximum atomic E-state index is 12.6. The number of amides is 2. The van der Waals surface area contributed by atoms with E-state index in [4.69, 9.17) is 32.4 Å². The van der Waals surface area contributed by atoms with Gasteiger partial charge in [-0.15, -0.1) is 23.2 Å². The number of hydrogen-bond acceptors (Lipinski definition) is 4. The molecule has 0 radical (unpaired) electrons. The molecule has 2 amide bonds. The van der Waals surface area contributed by atoms with E-state index in [2.05, 4.69) is 33.9 Å². The minimum atomic E-state index is -2.04. The smallest absolute Gasteiger partial charge is 0.417 e. The van der Waals surface area contributed by atoms with Crippen molar-refractivity contribution >= 4 is 43.5 Å². The Kier molecular flexibility index (Phi) is 5.13. The van der Waals surface area contributed by atoms with Gasteiger partial charge in [0.25, 0.3) is 0 Å². The highest BCUT2D eigenvalue weighted by atomic mass is 35.5. The lowest BCUT2D eigenvalue weighted by Gasteiger charge is -2.38. The fourth-order valence-corrected chi connectivity index (χ4v) is 4.74. The van der Waals surface area contributed by atoms with Gasteiger partial charge in [0.2, 0.25) is 5.91 Å². The van der Waals surface area contributed by atoms with E-state index in [0.29, 0.717) is 0 Å². The Morgan fingerprint density at radius 1 is 1.20 bits per heavy atom. The Morgan fingerprint density at radius 2 is 1.72 bits per heavy atom. The van der Waals surface area contributed by atoms with E-state index in [1.54, 1.807) is 20.8 Å². The molecule has 1 saturated carbocycles. The van der Waals surface area contributed by atoms with E-state index in [0.717, 1.165) is 4.90 Å². The van der Waals surface area contributed by atoms with Gasteiger partial charge in [-0.2, -0.15) is 0 Å². The third-order valence-electron chi connectivity index (χ3n) is 5.37. The van der Waals surface area contributed by atoms with E-state index in [-0.39, 0.29) is 23.5 Å². The number of ether oxygens (including phenoxy) is 1. The van der Waals surface area contributed by atoms with Crippen LogP contribution in [0.4, 0.5) is 4.79 Å². The van der Waals surface area contributed by atoms with Crippen molar-refractivity contribution in [2.45, 2.75) is 75.7 Å². The van der Waals surface area contributed by atoms with Crippen molar-refractivity contribution < 1.29 is 18.8 Å². The second-order valence-corrected chi connectivity index (χ2v) is 15.8. The van der Waals surface area contributed by atoms with Crippen LogP contribution in [0.1, 0.15) is 41.5 Å². The molecular formula is C17H29Cl2NO4Si. The van der Waals surface area contributed by atoms with E-state index < -0.39 is 36.3 Å². The van der Waals surface area contributed by atoms with Crippen LogP contribution >= 0.6 is 23.2 Å². The first-order valence-corrected chi connectivity index (χ1v) is 12.2. The highest BCUT2D eigenvalue weighted by molar-refractivity contribution is 6.74. The molecule has 2 rings (SSSR count). The van der Waals surface area contributed by atoms with Crippen LogP contribution in [0.5, 0.6) is 0 Å². The van der Waals surface area contributed by atoms with Crippen LogP contribution in [0.3, 0.4) is 0 Å². The molecule has 3 atom stereocenters. The van der Waals surface area contributed by atoms with Gasteiger partial charge < -0.3 is 9.16 Å². The molecule has 0 aromatic heterocycles. The Balaban J connectivity index is 2.19. The Hall–Kier alpha value is -0.303. The average Bonchev–Trinajstić information content (AvgIpc) is 2.78. The van der Waals surface area contributed by atoms with Crippen LogP contribution in [0.15, 0.2) is 0 Å². The molecule has 1 heterocycles. The summed E-state index contributed by atoms with van der Waals surface area (Å²) in [7, 11) is -2.04. The third kappa shape index (κ3) is 3.87. The minimum Gasteiger partial charge on any atom is -0.443 e. The van der Waals surface area contributed by atoms with Crippen molar-refractivity contribution in [2.24, 2.45) is 11.8 Å². The third-order valence-corrected chi connectivity index (χ3v) is 10.8. The first-order valence-electron chi connectivity index (χ1n) is 8.58. The lowest BCUT2D eigenvalue weighted by Crippen LogP contribution is -2.51. The summed E-state index contributed by atoms with van der Waals surface area (Å²) < 4.78 is 10.5. The predicted octanol–water partition coefficient (Wildman–Crippen LogP) is 4.57. The van der Waals surface area contributed by atoms with Gasteiger partial charge in [0.15, 0.2) is 8.32 Å². The monoisotopic (exact) mass is 409 g/mol. The summed E-state index contributed by atoms with van der Waals surface area (Å²) in [6.07, 6.45) is -0.655. The van der Waals surface area contributed by atoms with Crippen LogP contribution in [-0.4, -0.2) is 47.8 Å². The van der Waals surface area contributed by atoms with Crippen LogP contribution in [0, 0.1) is 11.8 Å². The van der Waals surface area contributed by atoms with Gasteiger partial charge in [0.05, 0.1) is 18.6 Å². The van der Waals surface area contributed by atoms with Crippen molar-refractivity contribution in [1.29, 1.82) is 0 Å². The van der Waals surface area contributed by atoms with Crippen molar-refractivity contribution in [2.75, 3.05) is 6.61 Å². The zero-order valence-corrected chi connectivity index (χ0v) is 18.8. The predicted molar refractivity (Wildman–Crippen MR) is 101 cm³/mol. The summed E-state index contributed by atoms with van der Waals surface area (Å²) in [5.41, 5.74) is -0.687. The fraction of sp³-hybridized carbons (Fsp3) is 0.882. The number of nitrogens with zero attached hydrogens (tertiary/aromatic N) is 1. The molecule has 0 aromatic carbocycles. The Morgan fingerprint density at radius 3 is 2.16 bits per heavy atom. The van der Waals surface area contributed by atoms with Gasteiger partial charge in [-0.05, 0) is 38.9 Å². The SMILES string of the molecule is CC(C)(C)OC(=O)N1C(=O)C2C(C1CO[Si](C)(C)C(C)(C)C)C2(Cl)Cl. The molecule has 0 bridgehead atoms. The zero-order chi connectivity index (χ0) is 19.6. The second kappa shape index (κ2) is 6.11. The van der Waals surface area contributed by atoms with Crippen LogP contribution < -0.4 is 0 Å². The largest absolute Gasteiger partial charge is 0.443 e. The minimum absolute atomic E-state index is 0.0222. The van der Waals surface area contributed by atoms with Gasteiger partial charge in [-0.25, -0.2) is 9.69 Å². The van der Waals surface area contributed by atoms with Gasteiger partial charge in [0, 0.05) is 5.92 Å². The van der Waals surface area contributed by atoms with Crippen molar-refractivity contribution in [3.8, 4) is 0 Å². The van der Waals surface area contributed by atoms with Gasteiger partial charge in [-0.1, -0.05) is 20.8 Å². The van der Waals surface area contributed by atoms with Crippen LogP contribution in [-0.2, 0) is 14.0 Å². The van der Waals surface area contributed by atoms with Gasteiger partial charge in [0.1, 0.15) is 9.93 Å². The second-order valence-electron chi connectivity index (χ2n) is 9.51. The van der Waals surface area contributed by atoms with Gasteiger partial charge in [-0.3, -0.25) is 4.79 Å². The average molecular weight is 410 g/mol. The summed E-state index contributed by atoms with van der Waals surface area (Å²) >= 11 is 12.5. The normalized spacial score (nSPS) is 28.8. The molecule has 2 aliphatic rings. The number of carbonyl (C=O) groups is 2. The maximum Gasteiger partial charge on any atom is 0.417 e. The molecule has 25 heavy (non-hydrogen) atoms. The molecule has 0 aromatic rings. The van der Waals surface area contributed by atoms with Crippen molar-refractivity contribution in [3.05, 3.63) is 0 Å². The Bertz CT molecular complexity index is 580. The number of likely N-dealkylation sites (tertiary alicyclic amines) is 1. The molecular weight excluding hydrogens is 381 g/mol. The summed E-state index contributed by atoms with van der Waals surface area (Å²) in [5.74, 6) is -1.23. The molecule has 8 heteroatoms. The van der Waals surface area contributed by atoms with Crippen molar-refractivity contribution in [1.82, 2.24) is 4.90 Å². The summed E-state index contributed by atoms with van der Waals surface area (Å²) in [5, 5.41) is 0.0222. The van der Waals surface area contributed by atoms with E-state index in [1.165, 1.54) is 0 Å². The lowest BCUT2D eigenvalue weighted by atomic mass is 10.2. The van der Waals surface area contributed by atoms with Crippen LogP contribution in [0.25, 0.3) is 0 Å². The quantitative estimate of drug-likeness (QED) is 0.505. The lowest BCUT2D eigenvalue weighted by molar-refractivity contribution is -0.131. The number of carbonyl (C=O) groups excluding carboxylic acids is 2. The van der Waals surface area contributed by atoms with Crippen molar-refractivity contribution in [3.63, 3.8) is 0 Å². The number of fused-ring (bicyclic) bond motifs is 1. The highest BCUT2D eigenvalue weighted by Crippen LogP contribution is 2.66. The summed E-state index contributed by atoms with van der Waals surface area (Å²) in [6.45, 7) is 16.2. The summed E-state index contributed by atoms with van der Waals surface area (Å²) in [6, 6.07) is -0.489. The molecule has 0 N–H and O–H groups in total. The van der Waals surface area contributed by atoms with Crippen LogP contribution in [0.2, 0.25) is 18.1 Å². The molecule has 0 spiro atoms. The highest BCUT2D eigenvalue weighted by Gasteiger charge is 2.77. The zero-order valence-electron chi connectivity index (χ0n) is 16.3. The number of rotatable bonds is 3. The molecule has 1 saturated heterocycles. The number of piperidine rings is 1. The topological polar surface area (TPSA) is 55.8 Å². The molecule has 1 aliphatic heterocycles. The van der Waals surface area contributed by atoms with E-state index in [9.17, 15) is 9.59 Å². The summed E-state index contributed by atoms with van der Waals surface area (Å²) in [4.78, 5) is 26.3. The number of imide groups is 1. The molecule has 5 nitrogen and oxygen atoms in total. The van der Waals surface area contributed by atoms with E-state index >= 15 is 0 Å². The standard InChI is InChI=1S/C17H29Cl2NO4Si/c1-15(2,3)24-14(22)20-10(9-23-25(7,8)16(4,5)6)11-12(13(20)21)17(11,18)19/h10-12H,9H2,1-8H3. The van der Waals surface area contributed by atoms with Gasteiger partial charge >= 0.3 is 6.09 Å². The number of alkyl halides is 2. The maximum absolute atomic E-state index is 12.6. The van der Waals surface area contributed by atoms with E-state index in [1.807, 2.05) is 0 Å².